The van der Waals surface area contributed by atoms with Crippen molar-refractivity contribution in [2.45, 2.75) is 4.90 Å². The first-order valence-corrected chi connectivity index (χ1v) is 7.18. The maximum Gasteiger partial charge on any atom is 0.175 e. The van der Waals surface area contributed by atoms with E-state index in [0.717, 1.165) is 0 Å². The van der Waals surface area contributed by atoms with Crippen LogP contribution in [0.3, 0.4) is 0 Å². The normalized spacial score (nSPS) is 11.2. The molecule has 0 aliphatic heterocycles. The van der Waals surface area contributed by atoms with E-state index in [4.69, 9.17) is 10.5 Å². The summed E-state index contributed by atoms with van der Waals surface area (Å²) in [5, 5.41) is 0. The van der Waals surface area contributed by atoms with Gasteiger partial charge in [0, 0.05) is 11.9 Å². The number of hydrogen-bond donors (Lipinski definition) is 1. The lowest BCUT2D eigenvalue weighted by atomic mass is 10.3. The SMILES string of the molecule is CS(=O)(=O)c1ccc(Oc2ccc(N)cc2)cc1. The molecule has 18 heavy (non-hydrogen) atoms. The van der Waals surface area contributed by atoms with Crippen molar-refractivity contribution >= 4 is 15.5 Å². The van der Waals surface area contributed by atoms with Crippen LogP contribution in [0.5, 0.6) is 11.5 Å². The van der Waals surface area contributed by atoms with Crippen molar-refractivity contribution in [2.75, 3.05) is 12.0 Å². The topological polar surface area (TPSA) is 69.4 Å². The summed E-state index contributed by atoms with van der Waals surface area (Å²) in [7, 11) is -3.17. The summed E-state index contributed by atoms with van der Waals surface area (Å²) in [6, 6.07) is 13.2. The molecule has 0 bridgehead atoms. The molecule has 5 heteroatoms. The Morgan fingerprint density at radius 1 is 0.889 bits per heavy atom. The highest BCUT2D eigenvalue weighted by Gasteiger charge is 2.06. The molecule has 0 unspecified atom stereocenters. The van der Waals surface area contributed by atoms with Gasteiger partial charge in [-0.3, -0.25) is 0 Å². The maximum atomic E-state index is 11.3. The molecule has 0 radical (unpaired) electrons. The predicted octanol–water partition coefficient (Wildman–Crippen LogP) is 2.46. The maximum absolute atomic E-state index is 11.3. The Kier molecular flexibility index (Phi) is 3.25. The minimum atomic E-state index is -3.17. The lowest BCUT2D eigenvalue weighted by Crippen LogP contribution is -1.96. The third-order valence-electron chi connectivity index (χ3n) is 2.37. The van der Waals surface area contributed by atoms with Crippen LogP contribution in [0.15, 0.2) is 53.4 Å². The number of ether oxygens (including phenoxy) is 1. The van der Waals surface area contributed by atoms with E-state index in [0.29, 0.717) is 17.2 Å². The highest BCUT2D eigenvalue weighted by molar-refractivity contribution is 7.90. The van der Waals surface area contributed by atoms with Crippen molar-refractivity contribution in [3.63, 3.8) is 0 Å². The molecule has 0 saturated carbocycles. The Labute approximate surface area is 106 Å². The van der Waals surface area contributed by atoms with E-state index in [1.54, 1.807) is 36.4 Å². The molecule has 2 rings (SSSR count). The molecule has 0 amide bonds. The van der Waals surface area contributed by atoms with Gasteiger partial charge in [-0.05, 0) is 48.5 Å². The van der Waals surface area contributed by atoms with Gasteiger partial charge in [0.25, 0.3) is 0 Å². The fraction of sp³-hybridized carbons (Fsp3) is 0.0769. The Balaban J connectivity index is 2.18. The smallest absolute Gasteiger partial charge is 0.175 e. The largest absolute Gasteiger partial charge is 0.457 e. The molecule has 0 spiro atoms. The third kappa shape index (κ3) is 3.01. The number of benzene rings is 2. The number of hydrogen-bond acceptors (Lipinski definition) is 4. The number of nitrogen functional groups attached to an aromatic ring is 1. The van der Waals surface area contributed by atoms with Gasteiger partial charge in [0.05, 0.1) is 4.90 Å². The van der Waals surface area contributed by atoms with Crippen molar-refractivity contribution in [1.29, 1.82) is 0 Å². The number of anilines is 1. The van der Waals surface area contributed by atoms with Crippen LogP contribution in [0.4, 0.5) is 5.69 Å². The quantitative estimate of drug-likeness (QED) is 0.864. The van der Waals surface area contributed by atoms with Crippen LogP contribution in [-0.4, -0.2) is 14.7 Å². The van der Waals surface area contributed by atoms with Crippen LogP contribution in [-0.2, 0) is 9.84 Å². The summed E-state index contributed by atoms with van der Waals surface area (Å²) in [6.45, 7) is 0. The summed E-state index contributed by atoms with van der Waals surface area (Å²) in [6.07, 6.45) is 1.17. The third-order valence-corrected chi connectivity index (χ3v) is 3.50. The minimum absolute atomic E-state index is 0.271. The van der Waals surface area contributed by atoms with Gasteiger partial charge in [-0.1, -0.05) is 0 Å². The molecule has 94 valence electrons. The Morgan fingerprint density at radius 2 is 1.33 bits per heavy atom. The summed E-state index contributed by atoms with van der Waals surface area (Å²) in [5.41, 5.74) is 6.23. The highest BCUT2D eigenvalue weighted by atomic mass is 32.2. The van der Waals surface area contributed by atoms with Gasteiger partial charge >= 0.3 is 0 Å². The molecule has 2 aromatic rings. The van der Waals surface area contributed by atoms with Gasteiger partial charge in [0.1, 0.15) is 11.5 Å². The second-order valence-electron chi connectivity index (χ2n) is 3.91. The standard InChI is InChI=1S/C13H13NO3S/c1-18(15,16)13-8-6-12(7-9-13)17-11-4-2-10(14)3-5-11/h2-9H,14H2,1H3. The van der Waals surface area contributed by atoms with Crippen LogP contribution in [0, 0.1) is 0 Å². The van der Waals surface area contributed by atoms with Crippen LogP contribution in [0.25, 0.3) is 0 Å². The van der Waals surface area contributed by atoms with Gasteiger partial charge < -0.3 is 10.5 Å². The minimum Gasteiger partial charge on any atom is -0.457 e. The highest BCUT2D eigenvalue weighted by Crippen LogP contribution is 2.23. The lowest BCUT2D eigenvalue weighted by Gasteiger charge is -2.06. The first kappa shape index (κ1) is 12.4. The summed E-state index contributed by atoms with van der Waals surface area (Å²) < 4.78 is 28.1. The summed E-state index contributed by atoms with van der Waals surface area (Å²) in [4.78, 5) is 0.271. The second-order valence-corrected chi connectivity index (χ2v) is 5.93. The molecule has 2 aromatic carbocycles. The Morgan fingerprint density at radius 3 is 1.78 bits per heavy atom. The van der Waals surface area contributed by atoms with Crippen LogP contribution in [0.1, 0.15) is 0 Å². The molecule has 0 saturated heterocycles. The molecule has 0 heterocycles. The van der Waals surface area contributed by atoms with E-state index in [1.807, 2.05) is 0 Å². The van der Waals surface area contributed by atoms with E-state index < -0.39 is 9.84 Å². The summed E-state index contributed by atoms with van der Waals surface area (Å²) in [5.74, 6) is 1.23. The number of sulfone groups is 1. The fourth-order valence-corrected chi connectivity index (χ4v) is 2.06. The van der Waals surface area contributed by atoms with E-state index >= 15 is 0 Å². The average Bonchev–Trinajstić information content (AvgIpc) is 2.32. The number of rotatable bonds is 3. The molecular formula is C13H13NO3S. The van der Waals surface area contributed by atoms with Crippen molar-refractivity contribution in [3.05, 3.63) is 48.5 Å². The molecule has 0 atom stereocenters. The predicted molar refractivity (Wildman–Crippen MR) is 70.5 cm³/mol. The van der Waals surface area contributed by atoms with Crippen LogP contribution >= 0.6 is 0 Å². The molecule has 0 aliphatic carbocycles. The molecule has 4 nitrogen and oxygen atoms in total. The van der Waals surface area contributed by atoms with E-state index in [1.165, 1.54) is 18.4 Å². The fourth-order valence-electron chi connectivity index (χ4n) is 1.43. The summed E-state index contributed by atoms with van der Waals surface area (Å²) >= 11 is 0. The zero-order valence-electron chi connectivity index (χ0n) is 9.83. The Hall–Kier alpha value is -2.01. The van der Waals surface area contributed by atoms with Crippen molar-refractivity contribution in [3.8, 4) is 11.5 Å². The lowest BCUT2D eigenvalue weighted by molar-refractivity contribution is 0.482. The van der Waals surface area contributed by atoms with Gasteiger partial charge in [-0.25, -0.2) is 8.42 Å². The van der Waals surface area contributed by atoms with E-state index in [2.05, 4.69) is 0 Å². The van der Waals surface area contributed by atoms with Crippen molar-refractivity contribution in [1.82, 2.24) is 0 Å². The molecule has 2 N–H and O–H groups in total. The van der Waals surface area contributed by atoms with Crippen molar-refractivity contribution < 1.29 is 13.2 Å². The molecular weight excluding hydrogens is 250 g/mol. The van der Waals surface area contributed by atoms with E-state index in [9.17, 15) is 8.42 Å². The van der Waals surface area contributed by atoms with E-state index in [-0.39, 0.29) is 4.90 Å². The molecule has 0 aromatic heterocycles. The first-order valence-electron chi connectivity index (χ1n) is 5.29. The first-order chi connectivity index (χ1) is 8.45. The van der Waals surface area contributed by atoms with Gasteiger partial charge in [-0.15, -0.1) is 0 Å². The zero-order chi connectivity index (χ0) is 13.2. The van der Waals surface area contributed by atoms with Gasteiger partial charge in [0.2, 0.25) is 0 Å². The monoisotopic (exact) mass is 263 g/mol. The average molecular weight is 263 g/mol. The second kappa shape index (κ2) is 4.70. The van der Waals surface area contributed by atoms with Gasteiger partial charge in [-0.2, -0.15) is 0 Å². The zero-order valence-corrected chi connectivity index (χ0v) is 10.6. The van der Waals surface area contributed by atoms with Crippen LogP contribution < -0.4 is 10.5 Å². The van der Waals surface area contributed by atoms with Crippen molar-refractivity contribution in [2.24, 2.45) is 0 Å². The molecule has 0 aliphatic rings. The number of nitrogens with two attached hydrogens (primary N) is 1. The molecule has 0 fully saturated rings. The Bertz CT molecular complexity index is 631. The van der Waals surface area contributed by atoms with Gasteiger partial charge in [0.15, 0.2) is 9.84 Å². The van der Waals surface area contributed by atoms with Crippen LogP contribution in [0.2, 0.25) is 0 Å².